The highest BCUT2D eigenvalue weighted by Gasteiger charge is 2.48. The monoisotopic (exact) mass is 402 g/mol. The minimum absolute atomic E-state index is 0.0768. The predicted octanol–water partition coefficient (Wildman–Crippen LogP) is 1.78. The molecule has 0 unspecified atom stereocenters. The topological polar surface area (TPSA) is 66.9 Å². The molecule has 3 atom stereocenters. The lowest BCUT2D eigenvalue weighted by Crippen LogP contribution is -2.57. The number of carbonyl (C=O) groups excluding carboxylic acids is 1. The Labute approximate surface area is 173 Å². The lowest BCUT2D eigenvalue weighted by Gasteiger charge is -2.54. The van der Waals surface area contributed by atoms with Gasteiger partial charge in [0.2, 0.25) is 0 Å². The number of rotatable bonds is 5. The zero-order chi connectivity index (χ0) is 20.3. The highest BCUT2D eigenvalue weighted by Crippen LogP contribution is 2.48. The number of hydrogen-bond donors (Lipinski definition) is 1. The van der Waals surface area contributed by atoms with E-state index in [2.05, 4.69) is 20.1 Å². The van der Waals surface area contributed by atoms with Crippen molar-refractivity contribution in [2.75, 3.05) is 65.1 Å². The van der Waals surface area contributed by atoms with Crippen molar-refractivity contribution in [2.45, 2.75) is 31.7 Å². The molecule has 1 aliphatic carbocycles. The van der Waals surface area contributed by atoms with E-state index in [4.69, 9.17) is 9.47 Å². The van der Waals surface area contributed by atoms with Gasteiger partial charge in [0.25, 0.3) is 5.91 Å². The van der Waals surface area contributed by atoms with Gasteiger partial charge in [-0.3, -0.25) is 9.69 Å². The molecule has 1 N–H and O–H groups in total. The van der Waals surface area contributed by atoms with Crippen LogP contribution in [-0.4, -0.2) is 82.0 Å². The lowest BCUT2D eigenvalue weighted by molar-refractivity contribution is -0.0540. The number of hydrogen-bond acceptors (Lipinski definition) is 6. The summed E-state index contributed by atoms with van der Waals surface area (Å²) >= 11 is 0. The van der Waals surface area contributed by atoms with Crippen molar-refractivity contribution in [3.8, 4) is 0 Å². The van der Waals surface area contributed by atoms with Crippen molar-refractivity contribution < 1.29 is 14.3 Å². The maximum atomic E-state index is 12.4. The Morgan fingerprint density at radius 3 is 2.93 bits per heavy atom. The normalized spacial score (nSPS) is 30.6. The van der Waals surface area contributed by atoms with E-state index in [1.54, 1.807) is 13.2 Å². The molecule has 1 aromatic heterocycles. The number of piperidine rings is 1. The molecule has 0 radical (unpaired) electrons. The Morgan fingerprint density at radius 2 is 2.17 bits per heavy atom. The second kappa shape index (κ2) is 8.98. The maximum Gasteiger partial charge on any atom is 0.254 e. The first-order valence-electron chi connectivity index (χ1n) is 10.9. The number of aromatic nitrogens is 1. The van der Waals surface area contributed by atoms with E-state index in [-0.39, 0.29) is 11.3 Å². The Bertz CT molecular complexity index is 709. The van der Waals surface area contributed by atoms with E-state index < -0.39 is 0 Å². The molecule has 3 heterocycles. The fourth-order valence-electron chi connectivity index (χ4n) is 5.70. The van der Waals surface area contributed by atoms with Crippen LogP contribution in [0.2, 0.25) is 0 Å². The number of amides is 1. The third-order valence-corrected chi connectivity index (χ3v) is 7.20. The number of nitrogens with one attached hydrogen (secondary N) is 1. The van der Waals surface area contributed by atoms with E-state index in [1.165, 1.54) is 12.8 Å². The molecule has 2 aliphatic heterocycles. The van der Waals surface area contributed by atoms with Crippen LogP contribution in [0, 0.1) is 11.3 Å². The van der Waals surface area contributed by atoms with Gasteiger partial charge >= 0.3 is 0 Å². The fraction of sp³-hybridized carbons (Fsp3) is 0.727. The lowest BCUT2D eigenvalue weighted by atomic mass is 9.61. The molecule has 29 heavy (non-hydrogen) atoms. The van der Waals surface area contributed by atoms with E-state index in [0.717, 1.165) is 64.7 Å². The van der Waals surface area contributed by atoms with E-state index in [9.17, 15) is 4.79 Å². The number of ether oxygens (including phenoxy) is 2. The number of morpholine rings is 1. The SMILES string of the molecule is CNC(=O)c1cccnc1N1CC[C@@H]2C[C@H](N3CCOCC3)CC[C@@]2(COC)C1. The summed E-state index contributed by atoms with van der Waals surface area (Å²) in [5.74, 6) is 1.37. The summed E-state index contributed by atoms with van der Waals surface area (Å²) < 4.78 is 11.3. The van der Waals surface area contributed by atoms with Crippen molar-refractivity contribution in [3.05, 3.63) is 23.9 Å². The fourth-order valence-corrected chi connectivity index (χ4v) is 5.70. The summed E-state index contributed by atoms with van der Waals surface area (Å²) in [6.45, 7) is 6.45. The van der Waals surface area contributed by atoms with Gasteiger partial charge in [-0.1, -0.05) is 0 Å². The molecule has 7 heteroatoms. The van der Waals surface area contributed by atoms with Gasteiger partial charge in [0, 0.05) is 58.0 Å². The number of carbonyl (C=O) groups is 1. The van der Waals surface area contributed by atoms with Crippen LogP contribution in [0.25, 0.3) is 0 Å². The standard InChI is InChI=1S/C22H34N4O3/c1-23-21(27)19-4-3-8-24-20(19)26-9-6-17-14-18(25-10-12-29-13-11-25)5-7-22(17,15-26)16-28-2/h3-4,8,17-18H,5-7,9-16H2,1-2H3,(H,23,27)/t17-,18-,22+/m1/s1. The zero-order valence-corrected chi connectivity index (χ0v) is 17.7. The molecule has 160 valence electrons. The molecular weight excluding hydrogens is 368 g/mol. The van der Waals surface area contributed by atoms with Gasteiger partial charge in [0.05, 0.1) is 25.4 Å². The Kier molecular flexibility index (Phi) is 6.37. The summed E-state index contributed by atoms with van der Waals surface area (Å²) in [5, 5.41) is 2.75. The van der Waals surface area contributed by atoms with Crippen molar-refractivity contribution in [3.63, 3.8) is 0 Å². The first-order valence-corrected chi connectivity index (χ1v) is 10.9. The highest BCUT2D eigenvalue weighted by atomic mass is 16.5. The van der Waals surface area contributed by atoms with Crippen LogP contribution in [0.4, 0.5) is 5.82 Å². The van der Waals surface area contributed by atoms with E-state index in [0.29, 0.717) is 17.5 Å². The van der Waals surface area contributed by atoms with Gasteiger partial charge in [-0.15, -0.1) is 0 Å². The van der Waals surface area contributed by atoms with Crippen LogP contribution >= 0.6 is 0 Å². The summed E-state index contributed by atoms with van der Waals surface area (Å²) in [4.78, 5) is 21.9. The zero-order valence-electron chi connectivity index (χ0n) is 17.7. The Balaban J connectivity index is 1.53. The van der Waals surface area contributed by atoms with Crippen LogP contribution in [0.3, 0.4) is 0 Å². The van der Waals surface area contributed by atoms with Gasteiger partial charge in [-0.25, -0.2) is 4.98 Å². The van der Waals surface area contributed by atoms with Crippen LogP contribution < -0.4 is 10.2 Å². The van der Waals surface area contributed by atoms with Crippen molar-refractivity contribution in [1.82, 2.24) is 15.2 Å². The predicted molar refractivity (Wildman–Crippen MR) is 112 cm³/mol. The van der Waals surface area contributed by atoms with Crippen LogP contribution in [-0.2, 0) is 9.47 Å². The first-order chi connectivity index (χ1) is 14.2. The van der Waals surface area contributed by atoms with Crippen molar-refractivity contribution in [1.29, 1.82) is 0 Å². The quantitative estimate of drug-likeness (QED) is 0.810. The molecule has 3 aliphatic rings. The van der Waals surface area contributed by atoms with E-state index in [1.807, 2.05) is 19.2 Å². The number of pyridine rings is 1. The third kappa shape index (κ3) is 4.13. The number of methoxy groups -OCH3 is 1. The van der Waals surface area contributed by atoms with Crippen LogP contribution in [0.1, 0.15) is 36.0 Å². The average Bonchev–Trinajstić information content (AvgIpc) is 2.78. The number of fused-ring (bicyclic) bond motifs is 1. The minimum Gasteiger partial charge on any atom is -0.384 e. The maximum absolute atomic E-state index is 12.4. The van der Waals surface area contributed by atoms with Crippen LogP contribution in [0.15, 0.2) is 18.3 Å². The number of anilines is 1. The molecule has 0 bridgehead atoms. The molecule has 4 rings (SSSR count). The highest BCUT2D eigenvalue weighted by molar-refractivity contribution is 5.98. The van der Waals surface area contributed by atoms with Gasteiger partial charge in [-0.05, 0) is 43.7 Å². The largest absolute Gasteiger partial charge is 0.384 e. The second-order valence-corrected chi connectivity index (χ2v) is 8.73. The molecule has 1 amide bonds. The molecular formula is C22H34N4O3. The van der Waals surface area contributed by atoms with Crippen molar-refractivity contribution in [2.24, 2.45) is 11.3 Å². The summed E-state index contributed by atoms with van der Waals surface area (Å²) in [6.07, 6.45) is 6.51. The third-order valence-electron chi connectivity index (χ3n) is 7.20. The Morgan fingerprint density at radius 1 is 1.34 bits per heavy atom. The molecule has 2 saturated heterocycles. The summed E-state index contributed by atoms with van der Waals surface area (Å²) in [5.41, 5.74) is 0.788. The smallest absolute Gasteiger partial charge is 0.254 e. The average molecular weight is 403 g/mol. The second-order valence-electron chi connectivity index (χ2n) is 8.73. The first kappa shape index (κ1) is 20.6. The molecule has 0 aromatic carbocycles. The molecule has 3 fully saturated rings. The Hall–Kier alpha value is -1.70. The van der Waals surface area contributed by atoms with Crippen molar-refractivity contribution >= 4 is 11.7 Å². The van der Waals surface area contributed by atoms with E-state index >= 15 is 0 Å². The summed E-state index contributed by atoms with van der Waals surface area (Å²) in [7, 11) is 3.49. The molecule has 0 spiro atoms. The van der Waals surface area contributed by atoms with Gasteiger partial charge in [0.15, 0.2) is 0 Å². The molecule has 1 aromatic rings. The van der Waals surface area contributed by atoms with Gasteiger partial charge in [0.1, 0.15) is 5.82 Å². The molecule has 1 saturated carbocycles. The van der Waals surface area contributed by atoms with Gasteiger partial charge < -0.3 is 19.7 Å². The number of nitrogens with zero attached hydrogens (tertiary/aromatic N) is 3. The summed E-state index contributed by atoms with van der Waals surface area (Å²) in [6, 6.07) is 4.36. The van der Waals surface area contributed by atoms with Gasteiger partial charge in [-0.2, -0.15) is 0 Å². The molecule has 7 nitrogen and oxygen atoms in total. The van der Waals surface area contributed by atoms with Crippen LogP contribution in [0.5, 0.6) is 0 Å². The minimum atomic E-state index is -0.0768.